The van der Waals surface area contributed by atoms with E-state index in [0.29, 0.717) is 0 Å². The van der Waals surface area contributed by atoms with Crippen LogP contribution in [0, 0.1) is 0 Å². The average Bonchev–Trinajstić information content (AvgIpc) is 0.849. The van der Waals surface area contributed by atoms with Crippen LogP contribution in [-0.2, 0) is 80.6 Å². The number of ether oxygens (including phenoxy) is 15. The molecule has 8 saturated heterocycles. The third-order valence-electron chi connectivity index (χ3n) is 17.4. The first-order valence-corrected chi connectivity index (χ1v) is 29.9. The van der Waals surface area contributed by atoms with Gasteiger partial charge in [-0.05, 0) is 13.8 Å². The molecule has 0 aliphatic carbocycles. The quantitative estimate of drug-likeness (QED) is 0.0479. The second kappa shape index (κ2) is 32.6. The predicted molar refractivity (Wildman–Crippen MR) is 285 cm³/mol. The Morgan fingerprint density at radius 1 is 0.301 bits per heavy atom. The van der Waals surface area contributed by atoms with Gasteiger partial charge in [-0.25, -0.2) is 0 Å². The number of hydrogen-bond acceptors (Lipinski definition) is 39. The summed E-state index contributed by atoms with van der Waals surface area (Å²) in [7, 11) is 0. The van der Waals surface area contributed by atoms with E-state index in [0.717, 1.165) is 13.8 Å². The lowest BCUT2D eigenvalue weighted by Crippen LogP contribution is -2.71. The van der Waals surface area contributed by atoms with Gasteiger partial charge in [-0.2, -0.15) is 0 Å². The third-order valence-corrected chi connectivity index (χ3v) is 17.4. The van der Waals surface area contributed by atoms with Gasteiger partial charge >= 0.3 is 0 Å². The van der Waals surface area contributed by atoms with Crippen LogP contribution in [0.25, 0.3) is 0 Å². The Kier molecular flexibility index (Phi) is 26.7. The molecule has 8 fully saturated rings. The lowest BCUT2D eigenvalue weighted by Gasteiger charge is -2.52. The summed E-state index contributed by atoms with van der Waals surface area (Å²) < 4.78 is 88.7. The summed E-state index contributed by atoms with van der Waals surface area (Å²) in [4.78, 5) is 26.4. The van der Waals surface area contributed by atoms with Crippen molar-refractivity contribution in [1.29, 1.82) is 0 Å². The Balaban J connectivity index is 1.11. The maximum absolute atomic E-state index is 13.2. The molecule has 40 atom stereocenters. The largest absolute Gasteiger partial charge is 0.394 e. The van der Waals surface area contributed by atoms with E-state index in [9.17, 15) is 122 Å². The maximum atomic E-state index is 13.2. The molecule has 8 rings (SSSR count). The van der Waals surface area contributed by atoms with Crippen molar-refractivity contribution in [3.63, 3.8) is 0 Å². The van der Waals surface area contributed by atoms with Gasteiger partial charge in [-0.1, -0.05) is 0 Å². The fraction of sp³-hybridized carbons (Fsp3) is 0.962. The molecule has 8 aliphatic heterocycles. The first kappa shape index (κ1) is 76.2. The number of hydrogen-bond donors (Lipinski definition) is 24. The van der Waals surface area contributed by atoms with Crippen LogP contribution >= 0.6 is 0 Å². The molecule has 0 aromatic carbocycles. The fourth-order valence-electron chi connectivity index (χ4n) is 12.1. The van der Waals surface area contributed by atoms with E-state index in [4.69, 9.17) is 71.1 Å². The van der Waals surface area contributed by atoms with Crippen LogP contribution in [0.1, 0.15) is 27.7 Å². The molecule has 0 aromatic rings. The molecule has 93 heavy (non-hydrogen) atoms. The van der Waals surface area contributed by atoms with E-state index in [2.05, 4.69) is 10.6 Å². The lowest BCUT2D eigenvalue weighted by atomic mass is 9.93. The molecule has 0 spiro atoms. The van der Waals surface area contributed by atoms with Crippen molar-refractivity contribution in [3.8, 4) is 0 Å². The van der Waals surface area contributed by atoms with Gasteiger partial charge in [-0.15, -0.1) is 0 Å². The Hall–Kier alpha value is -2.54. The fourth-order valence-corrected chi connectivity index (χ4v) is 12.1. The Morgan fingerprint density at radius 3 is 1.06 bits per heavy atom. The molecule has 540 valence electrons. The van der Waals surface area contributed by atoms with E-state index in [1.54, 1.807) is 0 Å². The number of aliphatic hydroxyl groups excluding tert-OH is 22. The Morgan fingerprint density at radius 2 is 0.624 bits per heavy atom. The summed E-state index contributed by atoms with van der Waals surface area (Å²) in [6.45, 7) is -1.75. The van der Waals surface area contributed by atoms with E-state index >= 15 is 0 Å². The lowest BCUT2D eigenvalue weighted by molar-refractivity contribution is -0.395. The van der Waals surface area contributed by atoms with Crippen molar-refractivity contribution in [2.45, 2.75) is 273 Å². The molecule has 0 aromatic heterocycles. The summed E-state index contributed by atoms with van der Waals surface area (Å²) in [6, 6.07) is -3.75. The predicted octanol–water partition coefficient (Wildman–Crippen LogP) is -16.1. The van der Waals surface area contributed by atoms with Gasteiger partial charge in [0, 0.05) is 13.8 Å². The third kappa shape index (κ3) is 16.4. The van der Waals surface area contributed by atoms with Gasteiger partial charge in [0.05, 0.1) is 51.8 Å². The Labute approximate surface area is 527 Å². The van der Waals surface area contributed by atoms with Gasteiger partial charge in [0.1, 0.15) is 183 Å². The Bertz CT molecular complexity index is 2350. The standard InChI is InChI=1S/C52H88N2O39/c1-11-23(62)28(67)34(73)48(80-11)91-42-21(53-13(3)60)46(79-10-20-26(65)31(70)37(76)51(87-20)88-39-17(7-57)82-45(78)33(72)32(39)71)85-18(8-58)40(42)90-52-38(77)44(27(66)16(6-56)84-52)93-47-22(54-14(4)61)43(92-49-35(74)29(68)24(63)12(2)81-49)41(19(9-59)86-47)89-50-36(75)30(69)25(64)15(5-55)83-50/h11-12,15-52,55-59,62-78H,5-10H2,1-4H3,(H,53,60)(H,54,61)/t11-,12-,15+,16+,17+,18+,19+,20+,21+,22+,23+,24+,25-,26-,27-,28+,29+,30-,31-,32+,33+,34-,35-,36+,37+,38+,39+,40+,41+,42+,43+,44-,45+,46+,47-,48-,49-,50-,51-,52-/m0/s1. The van der Waals surface area contributed by atoms with Crippen LogP contribution < -0.4 is 10.6 Å². The molecule has 41 nitrogen and oxygen atoms in total. The van der Waals surface area contributed by atoms with Crippen LogP contribution in [0.4, 0.5) is 0 Å². The summed E-state index contributed by atoms with van der Waals surface area (Å²) in [5, 5.41) is 243. The minimum Gasteiger partial charge on any atom is -0.394 e. The normalized spacial score (nSPS) is 51.6. The van der Waals surface area contributed by atoms with Gasteiger partial charge in [0.2, 0.25) is 11.8 Å². The van der Waals surface area contributed by atoms with Gasteiger partial charge < -0.3 is 194 Å². The van der Waals surface area contributed by atoms with Crippen molar-refractivity contribution in [2.75, 3.05) is 39.6 Å². The van der Waals surface area contributed by atoms with E-state index < -0.39 is 297 Å². The molecule has 2 amide bonds. The van der Waals surface area contributed by atoms with Crippen molar-refractivity contribution >= 4 is 11.8 Å². The number of carbonyl (C=O) groups excluding carboxylic acids is 2. The summed E-state index contributed by atoms with van der Waals surface area (Å²) in [5.41, 5.74) is 0. The van der Waals surface area contributed by atoms with Gasteiger partial charge in [0.25, 0.3) is 0 Å². The summed E-state index contributed by atoms with van der Waals surface area (Å²) in [5.74, 6) is -1.84. The first-order valence-electron chi connectivity index (χ1n) is 29.9. The topological polar surface area (TPSA) is 642 Å². The number of nitrogens with one attached hydrogen (secondary N) is 2. The minimum absolute atomic E-state index is 0.912. The van der Waals surface area contributed by atoms with E-state index in [-0.39, 0.29) is 0 Å². The monoisotopic (exact) mass is 1360 g/mol. The van der Waals surface area contributed by atoms with E-state index in [1.165, 1.54) is 13.8 Å². The number of rotatable bonds is 22. The van der Waals surface area contributed by atoms with Crippen molar-refractivity contribution < 1.29 is 193 Å². The summed E-state index contributed by atoms with van der Waals surface area (Å²) >= 11 is 0. The molecular weight excluding hydrogens is 1280 g/mol. The number of amides is 2. The van der Waals surface area contributed by atoms with Crippen LogP contribution in [0.3, 0.4) is 0 Å². The molecule has 41 heteroatoms. The molecule has 0 radical (unpaired) electrons. The molecule has 24 N–H and O–H groups in total. The van der Waals surface area contributed by atoms with Crippen LogP contribution in [0.2, 0.25) is 0 Å². The van der Waals surface area contributed by atoms with E-state index in [1.807, 2.05) is 0 Å². The van der Waals surface area contributed by atoms with Crippen molar-refractivity contribution in [2.24, 2.45) is 0 Å². The van der Waals surface area contributed by atoms with Crippen LogP contribution in [0.5, 0.6) is 0 Å². The zero-order valence-electron chi connectivity index (χ0n) is 50.1. The molecule has 8 heterocycles. The zero-order valence-corrected chi connectivity index (χ0v) is 50.1. The highest BCUT2D eigenvalue weighted by atomic mass is 16.8. The highest BCUT2D eigenvalue weighted by Gasteiger charge is 2.60. The molecular formula is C52H88N2O39. The second-order valence-corrected chi connectivity index (χ2v) is 23.9. The van der Waals surface area contributed by atoms with Gasteiger partial charge in [0.15, 0.2) is 50.3 Å². The zero-order chi connectivity index (χ0) is 68.5. The van der Waals surface area contributed by atoms with Gasteiger partial charge in [-0.3, -0.25) is 9.59 Å². The van der Waals surface area contributed by atoms with Crippen molar-refractivity contribution in [1.82, 2.24) is 10.6 Å². The highest BCUT2D eigenvalue weighted by molar-refractivity contribution is 5.73. The highest BCUT2D eigenvalue weighted by Crippen LogP contribution is 2.39. The van der Waals surface area contributed by atoms with Crippen LogP contribution in [0.15, 0.2) is 0 Å². The molecule has 0 bridgehead atoms. The smallest absolute Gasteiger partial charge is 0.217 e. The minimum atomic E-state index is -2.40. The first-order chi connectivity index (χ1) is 43.9. The van der Waals surface area contributed by atoms with Crippen LogP contribution in [-0.4, -0.2) is 409 Å². The maximum Gasteiger partial charge on any atom is 0.217 e. The number of carbonyl (C=O) groups is 2. The molecule has 0 saturated carbocycles. The second-order valence-electron chi connectivity index (χ2n) is 23.9. The summed E-state index contributed by atoms with van der Waals surface area (Å²) in [6.07, 6.45) is -74.1. The average molecular weight is 1370 g/mol. The number of aliphatic hydroxyl groups is 22. The SMILES string of the molecule is CC(=O)N[C@H]1[C@H](O[C@H]2[C@@H](O)[C@@H](CO)O[C@@H](O[C@H]3[C@H](O[C@@H]4O[C@@H](C)[C@@H](O)[C@@H](O)[C@@H]4O)[C@@H](NC(C)=O)[C@H](OC[C@H]4O[C@@H](O[C@H]5[C@H](O)[C@@H](O)[C@H](O)O[C@@H]5CO)[C@H](O)[C@@H](O)[C@H]4O)O[C@@H]3CO)[C@@H]2O)O[C@H](CO)[C@@H](O[C@@H]2O[C@H](CO)[C@H](O)[C@H](O)[C@H]2O)[C@@H]1O[C@@H]1O[C@@H](C)[C@@H](O)[C@@H](O)[C@@H]1O. The molecule has 8 aliphatic rings. The molecule has 0 unspecified atom stereocenters. The van der Waals surface area contributed by atoms with Crippen molar-refractivity contribution in [3.05, 3.63) is 0 Å².